The maximum atomic E-state index is 12.1. The molecule has 0 atom stereocenters. The normalized spacial score (nSPS) is 14.0. The van der Waals surface area contributed by atoms with E-state index in [2.05, 4.69) is 11.4 Å². The molecule has 0 fully saturated rings. The van der Waals surface area contributed by atoms with Crippen LogP contribution in [-0.2, 0) is 4.79 Å². The molecule has 1 aromatic rings. The van der Waals surface area contributed by atoms with Crippen molar-refractivity contribution in [1.82, 2.24) is 10.2 Å². The lowest BCUT2D eigenvalue weighted by molar-refractivity contribution is -0.128. The zero-order chi connectivity index (χ0) is 17.4. The molecule has 0 radical (unpaired) electrons. The minimum absolute atomic E-state index is 0.0659. The van der Waals surface area contributed by atoms with E-state index in [-0.39, 0.29) is 11.8 Å². The molecule has 4 heteroatoms. The summed E-state index contributed by atoms with van der Waals surface area (Å²) in [6.07, 6.45) is 8.15. The Morgan fingerprint density at radius 3 is 2.71 bits per heavy atom. The van der Waals surface area contributed by atoms with Gasteiger partial charge in [-0.2, -0.15) is 0 Å². The van der Waals surface area contributed by atoms with Gasteiger partial charge in [0.1, 0.15) is 0 Å². The third-order valence-electron chi connectivity index (χ3n) is 4.48. The number of rotatable bonds is 7. The van der Waals surface area contributed by atoms with Crippen LogP contribution in [0.15, 0.2) is 35.9 Å². The molecule has 2 rings (SSSR count). The summed E-state index contributed by atoms with van der Waals surface area (Å²) in [4.78, 5) is 25.8. The fourth-order valence-corrected chi connectivity index (χ4v) is 3.03. The molecule has 0 unspecified atom stereocenters. The van der Waals surface area contributed by atoms with Gasteiger partial charge in [0.05, 0.1) is 0 Å². The molecule has 130 valence electrons. The van der Waals surface area contributed by atoms with E-state index in [1.165, 1.54) is 24.8 Å². The van der Waals surface area contributed by atoms with Crippen molar-refractivity contribution < 1.29 is 9.59 Å². The van der Waals surface area contributed by atoms with Crippen LogP contribution in [0.3, 0.4) is 0 Å². The van der Waals surface area contributed by atoms with E-state index >= 15 is 0 Å². The standard InChI is InChI=1S/C20H28N2O2/c1-16-7-6-10-19(15-16)20(24)21-12-14-22(17(2)23)13-11-18-8-4-3-5-9-18/h6-8,10,15H,3-5,9,11-14H2,1-2H3,(H,21,24). The summed E-state index contributed by atoms with van der Waals surface area (Å²) in [5.74, 6) is -0.0200. The highest BCUT2D eigenvalue weighted by Crippen LogP contribution is 2.20. The van der Waals surface area contributed by atoms with Crippen LogP contribution in [0.5, 0.6) is 0 Å². The first-order valence-corrected chi connectivity index (χ1v) is 8.84. The smallest absolute Gasteiger partial charge is 0.251 e. The van der Waals surface area contributed by atoms with Crippen molar-refractivity contribution in [3.05, 3.63) is 47.0 Å². The minimum atomic E-state index is -0.0859. The molecule has 0 bridgehead atoms. The van der Waals surface area contributed by atoms with Crippen molar-refractivity contribution in [2.75, 3.05) is 19.6 Å². The Labute approximate surface area is 144 Å². The third kappa shape index (κ3) is 5.84. The van der Waals surface area contributed by atoms with E-state index in [1.54, 1.807) is 13.0 Å². The molecule has 1 aliphatic carbocycles. The summed E-state index contributed by atoms with van der Waals surface area (Å²) in [6.45, 7) is 5.33. The van der Waals surface area contributed by atoms with Crippen molar-refractivity contribution in [2.24, 2.45) is 0 Å². The highest BCUT2D eigenvalue weighted by atomic mass is 16.2. The van der Waals surface area contributed by atoms with Gasteiger partial charge in [-0.05, 0) is 51.2 Å². The molecule has 0 saturated heterocycles. The molecule has 0 heterocycles. The molecule has 0 aromatic heterocycles. The summed E-state index contributed by atoms with van der Waals surface area (Å²) in [5, 5.41) is 2.90. The number of hydrogen-bond donors (Lipinski definition) is 1. The van der Waals surface area contributed by atoms with Crippen molar-refractivity contribution >= 4 is 11.8 Å². The second-order valence-corrected chi connectivity index (χ2v) is 6.49. The number of benzene rings is 1. The highest BCUT2D eigenvalue weighted by molar-refractivity contribution is 5.94. The van der Waals surface area contributed by atoms with Crippen LogP contribution in [0, 0.1) is 6.92 Å². The van der Waals surface area contributed by atoms with E-state index in [0.29, 0.717) is 18.7 Å². The molecule has 24 heavy (non-hydrogen) atoms. The Morgan fingerprint density at radius 1 is 1.21 bits per heavy atom. The van der Waals surface area contributed by atoms with Gasteiger partial charge < -0.3 is 10.2 Å². The van der Waals surface area contributed by atoms with Crippen molar-refractivity contribution in [1.29, 1.82) is 0 Å². The summed E-state index contributed by atoms with van der Waals surface area (Å²) in [6, 6.07) is 7.52. The van der Waals surface area contributed by atoms with Crippen LogP contribution < -0.4 is 5.32 Å². The lowest BCUT2D eigenvalue weighted by atomic mass is 9.97. The van der Waals surface area contributed by atoms with Crippen molar-refractivity contribution in [3.8, 4) is 0 Å². The van der Waals surface area contributed by atoms with E-state index in [9.17, 15) is 9.59 Å². The van der Waals surface area contributed by atoms with Gasteiger partial charge in [0.2, 0.25) is 5.91 Å². The number of carbonyl (C=O) groups is 2. The molecule has 1 aliphatic rings. The van der Waals surface area contributed by atoms with Crippen LogP contribution in [0.1, 0.15) is 54.9 Å². The van der Waals surface area contributed by atoms with Gasteiger partial charge in [-0.25, -0.2) is 0 Å². The van der Waals surface area contributed by atoms with Crippen LogP contribution in [-0.4, -0.2) is 36.3 Å². The molecule has 1 N–H and O–H groups in total. The molecular weight excluding hydrogens is 300 g/mol. The lowest BCUT2D eigenvalue weighted by Gasteiger charge is -2.23. The summed E-state index contributed by atoms with van der Waals surface area (Å²) >= 11 is 0. The molecule has 1 aromatic carbocycles. The predicted molar refractivity (Wildman–Crippen MR) is 96.9 cm³/mol. The van der Waals surface area contributed by atoms with Gasteiger partial charge in [0, 0.05) is 32.1 Å². The fraction of sp³-hybridized carbons (Fsp3) is 0.500. The van der Waals surface area contributed by atoms with E-state index in [0.717, 1.165) is 24.9 Å². The quantitative estimate of drug-likeness (QED) is 0.779. The zero-order valence-corrected chi connectivity index (χ0v) is 14.8. The topological polar surface area (TPSA) is 49.4 Å². The maximum Gasteiger partial charge on any atom is 0.251 e. The van der Waals surface area contributed by atoms with Gasteiger partial charge in [-0.3, -0.25) is 9.59 Å². The first-order chi connectivity index (χ1) is 11.6. The maximum absolute atomic E-state index is 12.1. The molecular formula is C20H28N2O2. The number of hydrogen-bond acceptors (Lipinski definition) is 2. The van der Waals surface area contributed by atoms with Gasteiger partial charge in [-0.15, -0.1) is 0 Å². The van der Waals surface area contributed by atoms with Crippen molar-refractivity contribution in [3.63, 3.8) is 0 Å². The van der Waals surface area contributed by atoms with Gasteiger partial charge in [-0.1, -0.05) is 29.3 Å². The number of amides is 2. The van der Waals surface area contributed by atoms with Crippen LogP contribution >= 0.6 is 0 Å². The summed E-state index contributed by atoms with van der Waals surface area (Å²) in [5.41, 5.74) is 3.20. The van der Waals surface area contributed by atoms with Gasteiger partial charge in [0.15, 0.2) is 0 Å². The number of aryl methyl sites for hydroxylation is 1. The van der Waals surface area contributed by atoms with Crippen LogP contribution in [0.4, 0.5) is 0 Å². The zero-order valence-electron chi connectivity index (χ0n) is 14.8. The Morgan fingerprint density at radius 2 is 2.04 bits per heavy atom. The second kappa shape index (κ2) is 9.26. The predicted octanol–water partition coefficient (Wildman–Crippen LogP) is 3.46. The first kappa shape index (κ1) is 18.2. The molecule has 0 spiro atoms. The Bertz CT molecular complexity index is 607. The highest BCUT2D eigenvalue weighted by Gasteiger charge is 2.12. The van der Waals surface area contributed by atoms with E-state index in [1.807, 2.05) is 30.0 Å². The summed E-state index contributed by atoms with van der Waals surface area (Å²) < 4.78 is 0. The Kier molecular flexibility index (Phi) is 7.04. The average Bonchev–Trinajstić information content (AvgIpc) is 2.58. The fourth-order valence-electron chi connectivity index (χ4n) is 3.03. The summed E-state index contributed by atoms with van der Waals surface area (Å²) in [7, 11) is 0. The minimum Gasteiger partial charge on any atom is -0.350 e. The largest absolute Gasteiger partial charge is 0.350 e. The SMILES string of the molecule is CC(=O)N(CCNC(=O)c1cccc(C)c1)CCC1=CCCCC1. The molecule has 0 saturated carbocycles. The average molecular weight is 328 g/mol. The van der Waals surface area contributed by atoms with Crippen LogP contribution in [0.2, 0.25) is 0 Å². The second-order valence-electron chi connectivity index (χ2n) is 6.49. The van der Waals surface area contributed by atoms with E-state index < -0.39 is 0 Å². The number of allylic oxidation sites excluding steroid dienone is 1. The Hall–Kier alpha value is -2.10. The lowest BCUT2D eigenvalue weighted by Crippen LogP contribution is -2.38. The number of nitrogens with zero attached hydrogens (tertiary/aromatic N) is 1. The number of nitrogens with one attached hydrogen (secondary N) is 1. The van der Waals surface area contributed by atoms with Crippen LogP contribution in [0.25, 0.3) is 0 Å². The Balaban J connectivity index is 1.77. The third-order valence-corrected chi connectivity index (χ3v) is 4.48. The number of carbonyl (C=O) groups excluding carboxylic acids is 2. The molecule has 4 nitrogen and oxygen atoms in total. The molecule has 2 amide bonds. The monoisotopic (exact) mass is 328 g/mol. The van der Waals surface area contributed by atoms with Gasteiger partial charge in [0.25, 0.3) is 5.91 Å². The first-order valence-electron chi connectivity index (χ1n) is 8.84. The van der Waals surface area contributed by atoms with E-state index in [4.69, 9.17) is 0 Å². The molecule has 0 aliphatic heterocycles. The van der Waals surface area contributed by atoms with Gasteiger partial charge >= 0.3 is 0 Å². The van der Waals surface area contributed by atoms with Crippen molar-refractivity contribution in [2.45, 2.75) is 46.0 Å².